The normalized spacial score (nSPS) is 18.6. The quantitative estimate of drug-likeness (QED) is 0.863. The van der Waals surface area contributed by atoms with Crippen LogP contribution in [-0.2, 0) is 12.8 Å². The zero-order chi connectivity index (χ0) is 12.4. The molecule has 0 unspecified atom stereocenters. The van der Waals surface area contributed by atoms with Crippen molar-refractivity contribution in [3.8, 4) is 5.75 Å². The Balaban J connectivity index is 1.97. The van der Waals surface area contributed by atoms with E-state index in [0.29, 0.717) is 0 Å². The van der Waals surface area contributed by atoms with E-state index in [9.17, 15) is 0 Å². The number of anilines is 1. The van der Waals surface area contributed by atoms with Gasteiger partial charge in [-0.1, -0.05) is 6.92 Å². The minimum Gasteiger partial charge on any atom is -0.490 e. The summed E-state index contributed by atoms with van der Waals surface area (Å²) in [6.45, 7) is 7.41. The maximum Gasteiger partial charge on any atom is 0.142 e. The van der Waals surface area contributed by atoms with Crippen molar-refractivity contribution < 1.29 is 4.74 Å². The Kier molecular flexibility index (Phi) is 3.41. The van der Waals surface area contributed by atoms with Crippen LogP contribution in [0.4, 0.5) is 5.69 Å². The van der Waals surface area contributed by atoms with E-state index in [4.69, 9.17) is 4.74 Å². The van der Waals surface area contributed by atoms with Crippen molar-refractivity contribution in [2.24, 2.45) is 0 Å². The van der Waals surface area contributed by atoms with Gasteiger partial charge in [0.25, 0.3) is 0 Å². The number of ether oxygens (including phenoxy) is 1. The molecule has 2 heterocycles. The van der Waals surface area contributed by atoms with Crippen LogP contribution in [0.1, 0.15) is 24.5 Å². The molecule has 0 atom stereocenters. The fraction of sp³-hybridized carbons (Fsp3) is 0.600. The number of hydrogen-bond acceptors (Lipinski definition) is 3. The van der Waals surface area contributed by atoms with Crippen molar-refractivity contribution >= 4 is 5.69 Å². The molecule has 18 heavy (non-hydrogen) atoms. The van der Waals surface area contributed by atoms with Gasteiger partial charge in [-0.15, -0.1) is 0 Å². The molecule has 2 aliphatic rings. The molecule has 98 valence electrons. The topological polar surface area (TPSA) is 24.5 Å². The lowest BCUT2D eigenvalue weighted by molar-refractivity contribution is 0.307. The fourth-order valence-corrected chi connectivity index (χ4v) is 2.94. The van der Waals surface area contributed by atoms with E-state index in [-0.39, 0.29) is 0 Å². The number of rotatable bonds is 2. The molecule has 1 aromatic carbocycles. The SMILES string of the molecule is CCCN1CCOc2cc3c(cc21)CCNCC3. The second-order valence-corrected chi connectivity index (χ2v) is 5.17. The van der Waals surface area contributed by atoms with Crippen molar-refractivity contribution in [3.63, 3.8) is 0 Å². The van der Waals surface area contributed by atoms with Crippen molar-refractivity contribution in [2.75, 3.05) is 37.7 Å². The number of hydrogen-bond donors (Lipinski definition) is 1. The molecule has 3 rings (SSSR count). The first kappa shape index (κ1) is 11.8. The Hall–Kier alpha value is -1.22. The second-order valence-electron chi connectivity index (χ2n) is 5.17. The van der Waals surface area contributed by atoms with Gasteiger partial charge in [-0.05, 0) is 55.6 Å². The van der Waals surface area contributed by atoms with E-state index in [0.717, 1.165) is 51.4 Å². The van der Waals surface area contributed by atoms with Gasteiger partial charge in [-0.25, -0.2) is 0 Å². The summed E-state index contributed by atoms with van der Waals surface area (Å²) in [6, 6.07) is 4.64. The zero-order valence-electron chi connectivity index (χ0n) is 11.2. The summed E-state index contributed by atoms with van der Waals surface area (Å²) in [5.41, 5.74) is 4.28. The summed E-state index contributed by atoms with van der Waals surface area (Å²) in [6.07, 6.45) is 3.46. The molecule has 0 fully saturated rings. The first-order valence-electron chi connectivity index (χ1n) is 7.12. The van der Waals surface area contributed by atoms with Gasteiger partial charge in [0, 0.05) is 6.54 Å². The summed E-state index contributed by atoms with van der Waals surface area (Å²) in [5, 5.41) is 3.47. The summed E-state index contributed by atoms with van der Waals surface area (Å²) < 4.78 is 5.84. The van der Waals surface area contributed by atoms with Crippen LogP contribution >= 0.6 is 0 Å². The summed E-state index contributed by atoms with van der Waals surface area (Å²) in [4.78, 5) is 2.47. The van der Waals surface area contributed by atoms with Crippen LogP contribution in [-0.4, -0.2) is 32.8 Å². The fourth-order valence-electron chi connectivity index (χ4n) is 2.94. The van der Waals surface area contributed by atoms with Crippen molar-refractivity contribution in [3.05, 3.63) is 23.3 Å². The first-order chi connectivity index (χ1) is 8.88. The van der Waals surface area contributed by atoms with Gasteiger partial charge < -0.3 is 15.0 Å². The highest BCUT2D eigenvalue weighted by Gasteiger charge is 2.20. The Bertz CT molecular complexity index is 431. The summed E-state index contributed by atoms with van der Waals surface area (Å²) in [7, 11) is 0. The molecule has 1 aromatic rings. The largest absolute Gasteiger partial charge is 0.490 e. The van der Waals surface area contributed by atoms with Crippen LogP contribution in [0.3, 0.4) is 0 Å². The molecular weight excluding hydrogens is 224 g/mol. The highest BCUT2D eigenvalue weighted by Crippen LogP contribution is 2.35. The van der Waals surface area contributed by atoms with Gasteiger partial charge in [0.15, 0.2) is 0 Å². The van der Waals surface area contributed by atoms with Gasteiger partial charge in [-0.3, -0.25) is 0 Å². The predicted molar refractivity (Wildman–Crippen MR) is 74.7 cm³/mol. The minimum absolute atomic E-state index is 0.823. The Labute approximate surface area is 109 Å². The molecule has 3 heteroatoms. The van der Waals surface area contributed by atoms with Crippen LogP contribution in [0, 0.1) is 0 Å². The lowest BCUT2D eigenvalue weighted by Gasteiger charge is -2.32. The summed E-state index contributed by atoms with van der Waals surface area (Å²) in [5.74, 6) is 1.09. The standard InChI is InChI=1S/C15H22N2O/c1-2-7-17-8-9-18-15-11-13-4-6-16-5-3-12(13)10-14(15)17/h10-11,16H,2-9H2,1H3. The van der Waals surface area contributed by atoms with Gasteiger partial charge >= 0.3 is 0 Å². The number of nitrogens with zero attached hydrogens (tertiary/aromatic N) is 1. The average Bonchev–Trinajstić information content (AvgIpc) is 2.62. The van der Waals surface area contributed by atoms with E-state index < -0.39 is 0 Å². The molecule has 0 aliphatic carbocycles. The van der Waals surface area contributed by atoms with Crippen molar-refractivity contribution in [2.45, 2.75) is 26.2 Å². The molecule has 3 nitrogen and oxygen atoms in total. The van der Waals surface area contributed by atoms with E-state index in [1.807, 2.05) is 0 Å². The highest BCUT2D eigenvalue weighted by molar-refractivity contribution is 5.63. The Morgan fingerprint density at radius 2 is 2.00 bits per heavy atom. The minimum atomic E-state index is 0.823. The third-order valence-electron chi connectivity index (χ3n) is 3.88. The molecule has 0 spiro atoms. The average molecular weight is 246 g/mol. The first-order valence-corrected chi connectivity index (χ1v) is 7.12. The lowest BCUT2D eigenvalue weighted by Crippen LogP contribution is -2.33. The molecule has 0 aromatic heterocycles. The van der Waals surface area contributed by atoms with Crippen LogP contribution in [0.15, 0.2) is 12.1 Å². The molecule has 1 N–H and O–H groups in total. The number of fused-ring (bicyclic) bond motifs is 2. The molecular formula is C15H22N2O. The number of benzene rings is 1. The van der Waals surface area contributed by atoms with E-state index in [1.165, 1.54) is 23.2 Å². The monoisotopic (exact) mass is 246 g/mol. The van der Waals surface area contributed by atoms with Gasteiger partial charge in [0.2, 0.25) is 0 Å². The molecule has 0 amide bonds. The second kappa shape index (κ2) is 5.19. The Morgan fingerprint density at radius 1 is 1.22 bits per heavy atom. The van der Waals surface area contributed by atoms with Gasteiger partial charge in [-0.2, -0.15) is 0 Å². The van der Waals surface area contributed by atoms with E-state index >= 15 is 0 Å². The molecule has 0 bridgehead atoms. The van der Waals surface area contributed by atoms with Gasteiger partial charge in [0.1, 0.15) is 12.4 Å². The molecule has 2 aliphatic heterocycles. The lowest BCUT2D eigenvalue weighted by atomic mass is 10.0. The number of nitrogens with one attached hydrogen (secondary N) is 1. The molecule has 0 radical (unpaired) electrons. The maximum atomic E-state index is 5.84. The van der Waals surface area contributed by atoms with Crippen LogP contribution in [0.2, 0.25) is 0 Å². The third-order valence-corrected chi connectivity index (χ3v) is 3.88. The van der Waals surface area contributed by atoms with Crippen molar-refractivity contribution in [1.29, 1.82) is 0 Å². The third kappa shape index (κ3) is 2.19. The van der Waals surface area contributed by atoms with Crippen LogP contribution in [0.5, 0.6) is 5.75 Å². The highest BCUT2D eigenvalue weighted by atomic mass is 16.5. The van der Waals surface area contributed by atoms with Gasteiger partial charge in [0.05, 0.1) is 12.2 Å². The van der Waals surface area contributed by atoms with E-state index in [1.54, 1.807) is 0 Å². The predicted octanol–water partition coefficient (Wildman–Crippen LogP) is 1.98. The smallest absolute Gasteiger partial charge is 0.142 e. The van der Waals surface area contributed by atoms with Crippen LogP contribution in [0.25, 0.3) is 0 Å². The van der Waals surface area contributed by atoms with Crippen molar-refractivity contribution in [1.82, 2.24) is 5.32 Å². The zero-order valence-corrected chi connectivity index (χ0v) is 11.2. The Morgan fingerprint density at radius 3 is 2.78 bits per heavy atom. The summed E-state index contributed by atoms with van der Waals surface area (Å²) >= 11 is 0. The maximum absolute atomic E-state index is 5.84. The van der Waals surface area contributed by atoms with E-state index in [2.05, 4.69) is 29.3 Å². The molecule has 0 saturated heterocycles. The van der Waals surface area contributed by atoms with Crippen LogP contribution < -0.4 is 15.0 Å². The molecule has 0 saturated carbocycles.